The van der Waals surface area contributed by atoms with E-state index < -0.39 is 0 Å². The quantitative estimate of drug-likeness (QED) is 0.935. The lowest BCUT2D eigenvalue weighted by atomic mass is 10.0. The molecule has 1 heterocycles. The van der Waals surface area contributed by atoms with Crippen molar-refractivity contribution < 1.29 is 5.11 Å². The molecule has 3 rings (SSSR count). The molecule has 3 heteroatoms. The average molecular weight is 284 g/mol. The van der Waals surface area contributed by atoms with Crippen LogP contribution in [0.2, 0.25) is 0 Å². The molecule has 1 N–H and O–H groups in total. The summed E-state index contributed by atoms with van der Waals surface area (Å²) in [4.78, 5) is 4.74. The summed E-state index contributed by atoms with van der Waals surface area (Å²) in [6.07, 6.45) is 1.28. The van der Waals surface area contributed by atoms with Crippen LogP contribution >= 0.6 is 0 Å². The normalized spacial score (nSPS) is 19.7. The molecule has 21 heavy (non-hydrogen) atoms. The third-order valence-electron chi connectivity index (χ3n) is 4.50. The smallest absolute Gasteiger partial charge is 0.120 e. The molecule has 112 valence electrons. The van der Waals surface area contributed by atoms with E-state index in [2.05, 4.69) is 36.0 Å². The minimum absolute atomic E-state index is 0.407. The Labute approximate surface area is 126 Å². The molecule has 0 bridgehead atoms. The summed E-state index contributed by atoms with van der Waals surface area (Å²) >= 11 is 0. The summed E-state index contributed by atoms with van der Waals surface area (Å²) in [5.74, 6) is 1.15. The van der Waals surface area contributed by atoms with Crippen LogP contribution in [0.5, 0.6) is 5.75 Å². The van der Waals surface area contributed by atoms with Crippen LogP contribution in [0, 0.1) is 5.92 Å². The van der Waals surface area contributed by atoms with Crippen molar-refractivity contribution in [2.75, 3.05) is 33.7 Å². The number of nitrogens with zero attached hydrogens (tertiary/aromatic N) is 2. The van der Waals surface area contributed by atoms with E-state index in [0.717, 1.165) is 30.0 Å². The molecular weight excluding hydrogens is 260 g/mol. The second kappa shape index (κ2) is 6.04. The van der Waals surface area contributed by atoms with Crippen LogP contribution in [-0.4, -0.2) is 48.6 Å². The van der Waals surface area contributed by atoms with E-state index >= 15 is 0 Å². The molecule has 0 amide bonds. The molecule has 1 fully saturated rings. The van der Waals surface area contributed by atoms with E-state index in [0.29, 0.717) is 5.75 Å². The highest BCUT2D eigenvalue weighted by atomic mass is 16.3. The van der Waals surface area contributed by atoms with Crippen molar-refractivity contribution in [2.24, 2.45) is 5.92 Å². The van der Waals surface area contributed by atoms with Gasteiger partial charge in [0.15, 0.2) is 0 Å². The third kappa shape index (κ3) is 3.20. The molecule has 0 spiro atoms. The second-order valence-corrected chi connectivity index (χ2v) is 6.40. The molecule has 0 radical (unpaired) electrons. The maximum atomic E-state index is 10.2. The summed E-state index contributed by atoms with van der Waals surface area (Å²) < 4.78 is 0. The van der Waals surface area contributed by atoms with Crippen molar-refractivity contribution >= 4 is 10.8 Å². The lowest BCUT2D eigenvalue weighted by Crippen LogP contribution is -2.27. The number of fused-ring (bicyclic) bond motifs is 1. The van der Waals surface area contributed by atoms with Crippen molar-refractivity contribution in [3.63, 3.8) is 0 Å². The van der Waals surface area contributed by atoms with Crippen molar-refractivity contribution in [1.29, 1.82) is 0 Å². The van der Waals surface area contributed by atoms with Crippen molar-refractivity contribution in [3.05, 3.63) is 42.0 Å². The van der Waals surface area contributed by atoms with Gasteiger partial charge in [0.25, 0.3) is 0 Å². The van der Waals surface area contributed by atoms with Gasteiger partial charge in [0.05, 0.1) is 0 Å². The number of phenolic OH excluding ortho intramolecular Hbond substituents is 1. The topological polar surface area (TPSA) is 26.7 Å². The number of hydrogen-bond donors (Lipinski definition) is 1. The molecule has 0 aromatic heterocycles. The molecule has 1 aliphatic rings. The molecule has 2 aromatic carbocycles. The Bertz CT molecular complexity index is 626. The first kappa shape index (κ1) is 14.4. The number of rotatable bonds is 4. The number of aromatic hydroxyl groups is 1. The van der Waals surface area contributed by atoms with Crippen LogP contribution in [-0.2, 0) is 6.54 Å². The fraction of sp³-hybridized carbons (Fsp3) is 0.444. The summed E-state index contributed by atoms with van der Waals surface area (Å²) in [6, 6.07) is 12.1. The van der Waals surface area contributed by atoms with Gasteiger partial charge >= 0.3 is 0 Å². The van der Waals surface area contributed by atoms with Crippen LogP contribution in [0.3, 0.4) is 0 Å². The SMILES string of the molecule is CN1CCC(CN(C)Cc2c(O)ccc3ccccc23)C1. The highest BCUT2D eigenvalue weighted by molar-refractivity contribution is 5.87. The number of benzene rings is 2. The van der Waals surface area contributed by atoms with Gasteiger partial charge in [0.1, 0.15) is 5.75 Å². The second-order valence-electron chi connectivity index (χ2n) is 6.40. The molecule has 1 unspecified atom stereocenters. The number of hydrogen-bond acceptors (Lipinski definition) is 3. The zero-order valence-electron chi connectivity index (χ0n) is 12.9. The van der Waals surface area contributed by atoms with Gasteiger partial charge in [0.2, 0.25) is 0 Å². The minimum Gasteiger partial charge on any atom is -0.508 e. The Morgan fingerprint density at radius 2 is 2.05 bits per heavy atom. The lowest BCUT2D eigenvalue weighted by Gasteiger charge is -2.22. The predicted molar refractivity (Wildman–Crippen MR) is 87.6 cm³/mol. The Morgan fingerprint density at radius 1 is 1.24 bits per heavy atom. The Kier molecular flexibility index (Phi) is 4.13. The minimum atomic E-state index is 0.407. The maximum Gasteiger partial charge on any atom is 0.120 e. The highest BCUT2D eigenvalue weighted by Crippen LogP contribution is 2.28. The fourth-order valence-electron chi connectivity index (χ4n) is 3.44. The summed E-state index contributed by atoms with van der Waals surface area (Å²) in [5, 5.41) is 12.6. The molecule has 1 saturated heterocycles. The molecular formula is C18H24N2O. The zero-order valence-corrected chi connectivity index (χ0v) is 12.9. The number of likely N-dealkylation sites (tertiary alicyclic amines) is 1. The molecule has 1 aliphatic heterocycles. The predicted octanol–water partition coefficient (Wildman–Crippen LogP) is 2.93. The van der Waals surface area contributed by atoms with Crippen LogP contribution in [0.15, 0.2) is 36.4 Å². The standard InChI is InChI=1S/C18H24N2O/c1-19-10-9-14(11-19)12-20(2)13-17-16-6-4-3-5-15(16)7-8-18(17)21/h3-8,14,21H,9-13H2,1-2H3. The number of phenols is 1. The van der Waals surface area contributed by atoms with Gasteiger partial charge in [-0.15, -0.1) is 0 Å². The first-order valence-corrected chi connectivity index (χ1v) is 7.70. The van der Waals surface area contributed by atoms with E-state index in [4.69, 9.17) is 0 Å². The summed E-state index contributed by atoms with van der Waals surface area (Å²) in [6.45, 7) is 4.28. The maximum absolute atomic E-state index is 10.2. The van der Waals surface area contributed by atoms with Gasteiger partial charge in [0, 0.05) is 25.2 Å². The lowest BCUT2D eigenvalue weighted by molar-refractivity contribution is 0.265. The van der Waals surface area contributed by atoms with E-state index in [1.165, 1.54) is 24.9 Å². The van der Waals surface area contributed by atoms with E-state index in [1.807, 2.05) is 24.3 Å². The summed E-state index contributed by atoms with van der Waals surface area (Å²) in [7, 11) is 4.34. The van der Waals surface area contributed by atoms with Gasteiger partial charge < -0.3 is 14.9 Å². The van der Waals surface area contributed by atoms with Gasteiger partial charge in [-0.05, 0) is 49.8 Å². The fourth-order valence-corrected chi connectivity index (χ4v) is 3.44. The van der Waals surface area contributed by atoms with Crippen LogP contribution in [0.4, 0.5) is 0 Å². The van der Waals surface area contributed by atoms with Gasteiger partial charge in [-0.3, -0.25) is 0 Å². The molecule has 2 aromatic rings. The van der Waals surface area contributed by atoms with E-state index in [1.54, 1.807) is 0 Å². The van der Waals surface area contributed by atoms with Crippen LogP contribution < -0.4 is 0 Å². The van der Waals surface area contributed by atoms with E-state index in [9.17, 15) is 5.11 Å². The molecule has 3 nitrogen and oxygen atoms in total. The van der Waals surface area contributed by atoms with Crippen molar-refractivity contribution in [3.8, 4) is 5.75 Å². The molecule has 1 atom stereocenters. The van der Waals surface area contributed by atoms with Crippen LogP contribution in [0.1, 0.15) is 12.0 Å². The van der Waals surface area contributed by atoms with Gasteiger partial charge in [-0.1, -0.05) is 30.3 Å². The van der Waals surface area contributed by atoms with Gasteiger partial charge in [-0.2, -0.15) is 0 Å². The van der Waals surface area contributed by atoms with Crippen molar-refractivity contribution in [1.82, 2.24) is 9.80 Å². The Balaban J connectivity index is 1.76. The van der Waals surface area contributed by atoms with Crippen molar-refractivity contribution in [2.45, 2.75) is 13.0 Å². The average Bonchev–Trinajstić information content (AvgIpc) is 2.87. The molecule has 0 aliphatic carbocycles. The highest BCUT2D eigenvalue weighted by Gasteiger charge is 2.21. The summed E-state index contributed by atoms with van der Waals surface area (Å²) in [5.41, 5.74) is 1.04. The van der Waals surface area contributed by atoms with E-state index in [-0.39, 0.29) is 0 Å². The first-order chi connectivity index (χ1) is 10.1. The first-order valence-electron chi connectivity index (χ1n) is 7.70. The Hall–Kier alpha value is -1.58. The monoisotopic (exact) mass is 284 g/mol. The van der Waals surface area contributed by atoms with Crippen LogP contribution in [0.25, 0.3) is 10.8 Å². The van der Waals surface area contributed by atoms with Gasteiger partial charge in [-0.25, -0.2) is 0 Å². The largest absolute Gasteiger partial charge is 0.508 e. The third-order valence-corrected chi connectivity index (χ3v) is 4.50. The zero-order chi connectivity index (χ0) is 14.8. The molecule has 0 saturated carbocycles. The Morgan fingerprint density at radius 3 is 2.81 bits per heavy atom.